The topological polar surface area (TPSA) is 120 Å². The second-order valence-electron chi connectivity index (χ2n) is 5.64. The first-order valence-electron chi connectivity index (χ1n) is 7.90. The number of benzene rings is 2. The number of aromatic nitrogens is 3. The highest BCUT2D eigenvalue weighted by Crippen LogP contribution is 2.24. The van der Waals surface area contributed by atoms with Gasteiger partial charge in [0.1, 0.15) is 6.33 Å². The van der Waals surface area contributed by atoms with E-state index in [0.717, 1.165) is 5.69 Å². The molecule has 1 atom stereocenters. The number of sulfonamides is 1. The number of para-hydroxylation sites is 1. The predicted molar refractivity (Wildman–Crippen MR) is 103 cm³/mol. The van der Waals surface area contributed by atoms with Crippen LogP contribution in [-0.2, 0) is 14.8 Å². The van der Waals surface area contributed by atoms with Gasteiger partial charge in [-0.2, -0.15) is 0 Å². The van der Waals surface area contributed by atoms with Crippen LogP contribution in [0.25, 0.3) is 5.69 Å². The maximum Gasteiger partial charge on any atom is 0.238 e. The monoisotopic (exact) mass is 403 g/mol. The maximum atomic E-state index is 12.4. The fourth-order valence-corrected chi connectivity index (χ4v) is 3.61. The van der Waals surface area contributed by atoms with Crippen LogP contribution in [-0.4, -0.2) is 34.3 Å². The van der Waals surface area contributed by atoms with Gasteiger partial charge in [0.25, 0.3) is 0 Å². The Morgan fingerprint density at radius 2 is 1.81 bits per heavy atom. The van der Waals surface area contributed by atoms with Crippen molar-refractivity contribution in [1.82, 2.24) is 14.8 Å². The lowest BCUT2D eigenvalue weighted by molar-refractivity contribution is -0.115. The SMILES string of the molecule is CC(Sc1nncn1-c1ccccc1)C(=O)Nc1ccc(S(N)(=O)=O)cc1. The summed E-state index contributed by atoms with van der Waals surface area (Å²) in [6.45, 7) is 1.75. The summed E-state index contributed by atoms with van der Waals surface area (Å²) >= 11 is 1.27. The van der Waals surface area contributed by atoms with E-state index in [1.54, 1.807) is 17.8 Å². The number of anilines is 1. The van der Waals surface area contributed by atoms with Gasteiger partial charge in [-0.05, 0) is 43.3 Å². The summed E-state index contributed by atoms with van der Waals surface area (Å²) in [5, 5.41) is 15.9. The average molecular weight is 403 g/mol. The number of carbonyl (C=O) groups excluding carboxylic acids is 1. The van der Waals surface area contributed by atoms with Gasteiger partial charge in [-0.3, -0.25) is 9.36 Å². The molecule has 1 amide bonds. The molecule has 8 nitrogen and oxygen atoms in total. The third-order valence-corrected chi connectivity index (χ3v) is 5.64. The third-order valence-electron chi connectivity index (χ3n) is 3.65. The minimum Gasteiger partial charge on any atom is -0.325 e. The van der Waals surface area contributed by atoms with Crippen molar-refractivity contribution in [2.75, 3.05) is 5.32 Å². The van der Waals surface area contributed by atoms with Crippen molar-refractivity contribution in [3.63, 3.8) is 0 Å². The van der Waals surface area contributed by atoms with Gasteiger partial charge in [0.05, 0.1) is 10.1 Å². The molecule has 0 saturated carbocycles. The zero-order chi connectivity index (χ0) is 19.4. The van der Waals surface area contributed by atoms with E-state index >= 15 is 0 Å². The molecule has 1 unspecified atom stereocenters. The van der Waals surface area contributed by atoms with Crippen LogP contribution in [0.15, 0.2) is 71.0 Å². The van der Waals surface area contributed by atoms with Gasteiger partial charge in [0.15, 0.2) is 5.16 Å². The lowest BCUT2D eigenvalue weighted by Crippen LogP contribution is -2.23. The molecule has 3 rings (SSSR count). The van der Waals surface area contributed by atoms with Crippen LogP contribution >= 0.6 is 11.8 Å². The fraction of sp³-hybridized carbons (Fsp3) is 0.118. The van der Waals surface area contributed by atoms with E-state index in [2.05, 4.69) is 15.5 Å². The van der Waals surface area contributed by atoms with Gasteiger partial charge in [-0.25, -0.2) is 13.6 Å². The van der Waals surface area contributed by atoms with Gasteiger partial charge in [0.2, 0.25) is 15.9 Å². The third kappa shape index (κ3) is 4.73. The van der Waals surface area contributed by atoms with E-state index in [1.807, 2.05) is 30.3 Å². The zero-order valence-corrected chi connectivity index (χ0v) is 15.9. The second-order valence-corrected chi connectivity index (χ2v) is 8.51. The van der Waals surface area contributed by atoms with Gasteiger partial charge >= 0.3 is 0 Å². The number of nitrogens with two attached hydrogens (primary N) is 1. The number of rotatable bonds is 6. The lowest BCUT2D eigenvalue weighted by atomic mass is 10.3. The Labute approximate surface area is 160 Å². The average Bonchev–Trinajstić information content (AvgIpc) is 3.10. The predicted octanol–water partition coefficient (Wildman–Crippen LogP) is 2.03. The highest BCUT2D eigenvalue weighted by atomic mass is 32.2. The molecule has 0 bridgehead atoms. The van der Waals surface area contributed by atoms with E-state index < -0.39 is 15.3 Å². The van der Waals surface area contributed by atoms with E-state index in [1.165, 1.54) is 36.0 Å². The minimum atomic E-state index is -3.76. The van der Waals surface area contributed by atoms with Crippen LogP contribution in [0, 0.1) is 0 Å². The van der Waals surface area contributed by atoms with E-state index in [9.17, 15) is 13.2 Å². The standard InChI is InChI=1S/C17H17N5O3S2/c1-12(16(23)20-13-7-9-15(10-8-13)27(18,24)25)26-17-21-19-11-22(17)14-5-3-2-4-6-14/h2-12H,1H3,(H,20,23)(H2,18,24,25). The molecule has 0 aliphatic heterocycles. The van der Waals surface area contributed by atoms with Crippen molar-refractivity contribution in [1.29, 1.82) is 0 Å². The second kappa shape index (κ2) is 7.91. The Hall–Kier alpha value is -2.69. The molecule has 1 aromatic heterocycles. The Balaban J connectivity index is 1.68. The Kier molecular flexibility index (Phi) is 5.59. The number of nitrogens with zero attached hydrogens (tertiary/aromatic N) is 3. The number of thioether (sulfide) groups is 1. The van der Waals surface area contributed by atoms with E-state index in [4.69, 9.17) is 5.14 Å². The first-order valence-corrected chi connectivity index (χ1v) is 10.3. The van der Waals surface area contributed by atoms with E-state index in [0.29, 0.717) is 10.8 Å². The molecule has 27 heavy (non-hydrogen) atoms. The molecular weight excluding hydrogens is 386 g/mol. The zero-order valence-electron chi connectivity index (χ0n) is 14.3. The van der Waals surface area contributed by atoms with Crippen molar-refractivity contribution in [2.24, 2.45) is 5.14 Å². The number of primary sulfonamides is 1. The molecule has 3 aromatic rings. The number of hydrogen-bond acceptors (Lipinski definition) is 6. The Bertz CT molecular complexity index is 1030. The largest absolute Gasteiger partial charge is 0.325 e. The molecule has 10 heteroatoms. The van der Waals surface area contributed by atoms with Crippen molar-refractivity contribution < 1.29 is 13.2 Å². The summed E-state index contributed by atoms with van der Waals surface area (Å²) < 4.78 is 24.3. The molecule has 0 fully saturated rings. The Morgan fingerprint density at radius 1 is 1.15 bits per heavy atom. The van der Waals surface area contributed by atoms with Crippen LogP contribution < -0.4 is 10.5 Å². The number of hydrogen-bond donors (Lipinski definition) is 2. The highest BCUT2D eigenvalue weighted by molar-refractivity contribution is 8.00. The summed E-state index contributed by atoms with van der Waals surface area (Å²) in [4.78, 5) is 12.4. The summed E-state index contributed by atoms with van der Waals surface area (Å²) in [6, 6.07) is 15.2. The fourth-order valence-electron chi connectivity index (χ4n) is 2.25. The number of nitrogens with one attached hydrogen (secondary N) is 1. The quantitative estimate of drug-likeness (QED) is 0.608. The molecule has 0 spiro atoms. The summed E-state index contributed by atoms with van der Waals surface area (Å²) in [6.07, 6.45) is 1.59. The molecule has 140 valence electrons. The van der Waals surface area contributed by atoms with Crippen LogP contribution in [0.4, 0.5) is 5.69 Å². The van der Waals surface area contributed by atoms with E-state index in [-0.39, 0.29) is 10.8 Å². The van der Waals surface area contributed by atoms with Gasteiger partial charge in [-0.15, -0.1) is 10.2 Å². The molecule has 0 aliphatic carbocycles. The summed E-state index contributed by atoms with van der Waals surface area (Å²) in [7, 11) is -3.76. The highest BCUT2D eigenvalue weighted by Gasteiger charge is 2.19. The molecular formula is C17H17N5O3S2. The maximum absolute atomic E-state index is 12.4. The van der Waals surface area contributed by atoms with Crippen molar-refractivity contribution >= 4 is 33.4 Å². The molecule has 3 N–H and O–H groups in total. The van der Waals surface area contributed by atoms with Crippen molar-refractivity contribution in [3.05, 3.63) is 60.9 Å². The number of carbonyl (C=O) groups is 1. The summed E-state index contributed by atoms with van der Waals surface area (Å²) in [5.74, 6) is -0.244. The first-order chi connectivity index (χ1) is 12.8. The normalized spacial score (nSPS) is 12.5. The molecule has 0 saturated heterocycles. The molecule has 0 radical (unpaired) electrons. The van der Waals surface area contributed by atoms with Gasteiger partial charge in [-0.1, -0.05) is 30.0 Å². The van der Waals surface area contributed by atoms with Crippen LogP contribution in [0.3, 0.4) is 0 Å². The van der Waals surface area contributed by atoms with Crippen LogP contribution in [0.5, 0.6) is 0 Å². The molecule has 2 aromatic carbocycles. The number of amides is 1. The van der Waals surface area contributed by atoms with Crippen molar-refractivity contribution in [2.45, 2.75) is 22.2 Å². The molecule has 0 aliphatic rings. The summed E-state index contributed by atoms with van der Waals surface area (Å²) in [5.41, 5.74) is 1.38. The molecule has 1 heterocycles. The first kappa shape index (κ1) is 19.1. The van der Waals surface area contributed by atoms with Crippen LogP contribution in [0.2, 0.25) is 0 Å². The van der Waals surface area contributed by atoms with Crippen molar-refractivity contribution in [3.8, 4) is 5.69 Å². The lowest BCUT2D eigenvalue weighted by Gasteiger charge is -2.12. The van der Waals surface area contributed by atoms with Crippen LogP contribution in [0.1, 0.15) is 6.92 Å². The smallest absolute Gasteiger partial charge is 0.238 e. The Morgan fingerprint density at radius 3 is 2.44 bits per heavy atom. The minimum absolute atomic E-state index is 0.0149. The van der Waals surface area contributed by atoms with Gasteiger partial charge in [0, 0.05) is 11.4 Å². The van der Waals surface area contributed by atoms with Gasteiger partial charge < -0.3 is 5.32 Å².